The van der Waals surface area contributed by atoms with Gasteiger partial charge in [-0.15, -0.1) is 0 Å². The van der Waals surface area contributed by atoms with E-state index >= 15 is 0 Å². The molecule has 3 nitrogen and oxygen atoms in total. The van der Waals surface area contributed by atoms with E-state index in [4.69, 9.17) is 5.84 Å². The Labute approximate surface area is 66.6 Å². The van der Waals surface area contributed by atoms with Gasteiger partial charge in [-0.3, -0.25) is 10.8 Å². The molecule has 3 N–H and O–H groups in total. The molecule has 11 heavy (non-hydrogen) atoms. The molecule has 0 bridgehead atoms. The molecule has 0 atom stereocenters. The van der Waals surface area contributed by atoms with E-state index in [0.29, 0.717) is 0 Å². The van der Waals surface area contributed by atoms with Crippen LogP contribution >= 0.6 is 0 Å². The Hall–Kier alpha value is -1.09. The van der Waals surface area contributed by atoms with Gasteiger partial charge in [-0.25, -0.2) is 0 Å². The van der Waals surface area contributed by atoms with Crippen LogP contribution in [0.1, 0.15) is 19.0 Å². The van der Waals surface area contributed by atoms with E-state index < -0.39 is 0 Å². The lowest BCUT2D eigenvalue weighted by Gasteiger charge is -2.04. The van der Waals surface area contributed by atoms with Crippen molar-refractivity contribution in [2.75, 3.05) is 5.43 Å². The predicted molar refractivity (Wildman–Crippen MR) is 46.0 cm³/mol. The van der Waals surface area contributed by atoms with Crippen molar-refractivity contribution in [3.05, 3.63) is 24.0 Å². The third-order valence-electron chi connectivity index (χ3n) is 1.53. The first-order chi connectivity index (χ1) is 5.38. The summed E-state index contributed by atoms with van der Waals surface area (Å²) in [6.07, 6.45) is 3.85. The second-order valence-corrected chi connectivity index (χ2v) is 2.39. The summed E-state index contributed by atoms with van der Waals surface area (Å²) in [6, 6.07) is 3.80. The maximum absolute atomic E-state index is 5.29. The molecule has 1 aromatic rings. The van der Waals surface area contributed by atoms with E-state index in [1.165, 1.54) is 0 Å². The number of nitrogens with one attached hydrogen (secondary N) is 1. The van der Waals surface area contributed by atoms with Crippen LogP contribution in [0.5, 0.6) is 0 Å². The van der Waals surface area contributed by atoms with Gasteiger partial charge >= 0.3 is 0 Å². The van der Waals surface area contributed by atoms with Crippen molar-refractivity contribution in [1.29, 1.82) is 0 Å². The highest BCUT2D eigenvalue weighted by atomic mass is 15.2. The molecular weight excluding hydrogens is 138 g/mol. The average molecular weight is 151 g/mol. The van der Waals surface area contributed by atoms with Gasteiger partial charge in [0.05, 0.1) is 11.4 Å². The Balaban J connectivity index is 2.83. The van der Waals surface area contributed by atoms with Gasteiger partial charge in [0.2, 0.25) is 0 Å². The second-order valence-electron chi connectivity index (χ2n) is 2.39. The number of nitrogens with zero attached hydrogens (tertiary/aromatic N) is 1. The van der Waals surface area contributed by atoms with Crippen molar-refractivity contribution in [3.63, 3.8) is 0 Å². The fourth-order valence-corrected chi connectivity index (χ4v) is 1.01. The molecule has 0 aliphatic carbocycles. The number of aryl methyl sites for hydroxylation is 1. The maximum Gasteiger partial charge on any atom is 0.0701 e. The van der Waals surface area contributed by atoms with Crippen molar-refractivity contribution in [1.82, 2.24) is 4.98 Å². The fraction of sp³-hybridized carbons (Fsp3) is 0.375. The summed E-state index contributed by atoms with van der Waals surface area (Å²) in [6.45, 7) is 2.12. The first-order valence-electron chi connectivity index (χ1n) is 3.79. The molecule has 60 valence electrons. The normalized spacial score (nSPS) is 9.64. The summed E-state index contributed by atoms with van der Waals surface area (Å²) < 4.78 is 0. The lowest BCUT2D eigenvalue weighted by Crippen LogP contribution is -2.09. The maximum atomic E-state index is 5.29. The van der Waals surface area contributed by atoms with Crippen LogP contribution in [0.15, 0.2) is 18.3 Å². The molecule has 3 heteroatoms. The molecule has 0 spiro atoms. The molecule has 0 aromatic carbocycles. The number of rotatable bonds is 3. The van der Waals surface area contributed by atoms with Crippen LogP contribution < -0.4 is 11.3 Å². The highest BCUT2D eigenvalue weighted by Gasteiger charge is 1.98. The molecule has 1 heterocycles. The van der Waals surface area contributed by atoms with E-state index in [1.807, 2.05) is 12.1 Å². The van der Waals surface area contributed by atoms with Crippen LogP contribution in [-0.2, 0) is 6.42 Å². The number of nitrogens with two attached hydrogens (primary N) is 1. The lowest BCUT2D eigenvalue weighted by molar-refractivity contribution is 0.883. The van der Waals surface area contributed by atoms with Crippen molar-refractivity contribution >= 4 is 5.69 Å². The minimum absolute atomic E-state index is 0.925. The summed E-state index contributed by atoms with van der Waals surface area (Å²) in [4.78, 5) is 4.20. The number of hydrogen-bond donors (Lipinski definition) is 2. The van der Waals surface area contributed by atoms with Gasteiger partial charge in [0.1, 0.15) is 0 Å². The smallest absolute Gasteiger partial charge is 0.0701 e. The molecule has 1 aromatic heterocycles. The minimum Gasteiger partial charge on any atom is -0.322 e. The van der Waals surface area contributed by atoms with E-state index in [1.54, 1.807) is 6.20 Å². The van der Waals surface area contributed by atoms with Crippen molar-refractivity contribution < 1.29 is 0 Å². The molecule has 0 amide bonds. The number of hydrazine groups is 1. The topological polar surface area (TPSA) is 50.9 Å². The Morgan fingerprint density at radius 1 is 1.64 bits per heavy atom. The summed E-state index contributed by atoms with van der Waals surface area (Å²) in [5.74, 6) is 5.29. The van der Waals surface area contributed by atoms with Crippen LogP contribution in [0, 0.1) is 0 Å². The zero-order valence-corrected chi connectivity index (χ0v) is 6.67. The quantitative estimate of drug-likeness (QED) is 0.506. The predicted octanol–water partition coefficient (Wildman–Crippen LogP) is 1.32. The molecule has 0 saturated carbocycles. The number of pyridine rings is 1. The molecule has 0 radical (unpaired) electrons. The molecular formula is C8H13N3. The van der Waals surface area contributed by atoms with E-state index in [2.05, 4.69) is 17.3 Å². The van der Waals surface area contributed by atoms with Crippen molar-refractivity contribution in [2.45, 2.75) is 19.8 Å². The number of nitrogen functional groups attached to an aromatic ring is 1. The largest absolute Gasteiger partial charge is 0.322 e. The van der Waals surface area contributed by atoms with Gasteiger partial charge in [-0.1, -0.05) is 13.3 Å². The summed E-state index contributed by atoms with van der Waals surface area (Å²) in [5, 5.41) is 0. The highest BCUT2D eigenvalue weighted by molar-refractivity contribution is 5.45. The summed E-state index contributed by atoms with van der Waals surface area (Å²) in [5.41, 5.74) is 4.58. The molecule has 0 aliphatic rings. The van der Waals surface area contributed by atoms with Crippen LogP contribution in [0.25, 0.3) is 0 Å². The minimum atomic E-state index is 0.925. The Bertz CT molecular complexity index is 222. The lowest BCUT2D eigenvalue weighted by atomic mass is 10.2. The van der Waals surface area contributed by atoms with Crippen molar-refractivity contribution in [3.8, 4) is 0 Å². The van der Waals surface area contributed by atoms with E-state index in [0.717, 1.165) is 24.2 Å². The average Bonchev–Trinajstić information content (AvgIpc) is 2.06. The van der Waals surface area contributed by atoms with E-state index in [9.17, 15) is 0 Å². The number of hydrogen-bond acceptors (Lipinski definition) is 3. The SMILES string of the molecule is CCCc1ncccc1NN. The second kappa shape index (κ2) is 3.93. The van der Waals surface area contributed by atoms with Gasteiger partial charge < -0.3 is 5.43 Å². The van der Waals surface area contributed by atoms with Crippen molar-refractivity contribution in [2.24, 2.45) is 5.84 Å². The summed E-state index contributed by atoms with van der Waals surface area (Å²) in [7, 11) is 0. The zero-order chi connectivity index (χ0) is 8.10. The first kappa shape index (κ1) is 8.01. The molecule has 0 unspecified atom stereocenters. The first-order valence-corrected chi connectivity index (χ1v) is 3.79. The Morgan fingerprint density at radius 3 is 3.09 bits per heavy atom. The molecule has 0 aliphatic heterocycles. The van der Waals surface area contributed by atoms with Gasteiger partial charge in [0.15, 0.2) is 0 Å². The van der Waals surface area contributed by atoms with Crippen LogP contribution in [0.3, 0.4) is 0 Å². The van der Waals surface area contributed by atoms with Gasteiger partial charge in [-0.2, -0.15) is 0 Å². The van der Waals surface area contributed by atoms with E-state index in [-0.39, 0.29) is 0 Å². The molecule has 1 rings (SSSR count). The third-order valence-corrected chi connectivity index (χ3v) is 1.53. The Morgan fingerprint density at radius 2 is 2.45 bits per heavy atom. The standard InChI is InChI=1S/C8H13N3/c1-2-4-7-8(11-9)5-3-6-10-7/h3,5-6,11H,2,4,9H2,1H3. The molecule has 0 saturated heterocycles. The van der Waals surface area contributed by atoms with Gasteiger partial charge in [0, 0.05) is 6.20 Å². The highest BCUT2D eigenvalue weighted by Crippen LogP contribution is 2.11. The van der Waals surface area contributed by atoms with Crippen LogP contribution in [0.2, 0.25) is 0 Å². The van der Waals surface area contributed by atoms with Crippen LogP contribution in [0.4, 0.5) is 5.69 Å². The van der Waals surface area contributed by atoms with Gasteiger partial charge in [0.25, 0.3) is 0 Å². The fourth-order valence-electron chi connectivity index (χ4n) is 1.01. The number of aromatic nitrogens is 1. The monoisotopic (exact) mass is 151 g/mol. The number of anilines is 1. The Kier molecular flexibility index (Phi) is 2.86. The van der Waals surface area contributed by atoms with Crippen LogP contribution in [-0.4, -0.2) is 4.98 Å². The molecule has 0 fully saturated rings. The van der Waals surface area contributed by atoms with Gasteiger partial charge in [-0.05, 0) is 18.6 Å². The third kappa shape index (κ3) is 1.91. The summed E-state index contributed by atoms with van der Waals surface area (Å²) >= 11 is 0. The zero-order valence-electron chi connectivity index (χ0n) is 6.67.